The van der Waals surface area contributed by atoms with Crippen LogP contribution in [0.2, 0.25) is 10.0 Å². The van der Waals surface area contributed by atoms with E-state index < -0.39 is 28.3 Å². The highest BCUT2D eigenvalue weighted by molar-refractivity contribution is 7.92. The highest BCUT2D eigenvalue weighted by Crippen LogP contribution is 2.27. The maximum atomic E-state index is 13.3. The van der Waals surface area contributed by atoms with Crippen molar-refractivity contribution in [3.63, 3.8) is 0 Å². The van der Waals surface area contributed by atoms with Gasteiger partial charge in [-0.1, -0.05) is 23.2 Å². The number of anilines is 2. The first kappa shape index (κ1) is 21.0. The van der Waals surface area contributed by atoms with Crippen LogP contribution >= 0.6 is 23.2 Å². The van der Waals surface area contributed by atoms with Gasteiger partial charge in [-0.15, -0.1) is 0 Å². The second-order valence-corrected chi connectivity index (χ2v) is 8.56. The van der Waals surface area contributed by atoms with Gasteiger partial charge in [0.15, 0.2) is 0 Å². The van der Waals surface area contributed by atoms with E-state index in [0.29, 0.717) is 5.02 Å². The minimum atomic E-state index is -4.14. The number of halogens is 3. The van der Waals surface area contributed by atoms with Gasteiger partial charge in [0.05, 0.1) is 16.4 Å². The summed E-state index contributed by atoms with van der Waals surface area (Å²) >= 11 is 11.9. The zero-order valence-corrected chi connectivity index (χ0v) is 17.0. The molecule has 0 atom stereocenters. The summed E-state index contributed by atoms with van der Waals surface area (Å²) in [4.78, 5) is 16.3. The van der Waals surface area contributed by atoms with E-state index in [9.17, 15) is 17.6 Å². The molecule has 0 radical (unpaired) electrons. The van der Waals surface area contributed by atoms with E-state index in [4.69, 9.17) is 23.2 Å². The van der Waals surface area contributed by atoms with Crippen molar-refractivity contribution in [1.29, 1.82) is 0 Å². The first-order valence-corrected chi connectivity index (χ1v) is 10.4. The van der Waals surface area contributed by atoms with Crippen molar-refractivity contribution in [3.8, 4) is 0 Å². The van der Waals surface area contributed by atoms with E-state index in [1.54, 1.807) is 0 Å². The number of nitrogens with zero attached hydrogens (tertiary/aromatic N) is 2. The third-order valence-corrected chi connectivity index (χ3v) is 6.13. The van der Waals surface area contributed by atoms with Crippen LogP contribution < -0.4 is 9.62 Å². The van der Waals surface area contributed by atoms with E-state index in [2.05, 4.69) is 10.3 Å². The van der Waals surface area contributed by atoms with Crippen molar-refractivity contribution >= 4 is 50.5 Å². The van der Waals surface area contributed by atoms with Crippen molar-refractivity contribution in [1.82, 2.24) is 4.98 Å². The number of sulfonamides is 1. The predicted octanol–water partition coefficient (Wildman–Crippen LogP) is 4.36. The molecule has 0 saturated carbocycles. The Morgan fingerprint density at radius 3 is 2.45 bits per heavy atom. The summed E-state index contributed by atoms with van der Waals surface area (Å²) in [7, 11) is -4.14. The van der Waals surface area contributed by atoms with Crippen molar-refractivity contribution in [2.24, 2.45) is 0 Å². The average molecular weight is 454 g/mol. The molecule has 3 rings (SSSR count). The monoisotopic (exact) mass is 453 g/mol. The zero-order chi connectivity index (χ0) is 21.0. The topological polar surface area (TPSA) is 79.4 Å². The van der Waals surface area contributed by atoms with Crippen molar-refractivity contribution < 1.29 is 17.6 Å². The van der Waals surface area contributed by atoms with Gasteiger partial charge in [-0.2, -0.15) is 0 Å². The van der Waals surface area contributed by atoms with E-state index in [0.717, 1.165) is 16.4 Å². The summed E-state index contributed by atoms with van der Waals surface area (Å²) in [5.74, 6) is -1.18. The molecule has 0 fully saturated rings. The van der Waals surface area contributed by atoms with Crippen LogP contribution in [0.4, 0.5) is 15.8 Å². The predicted molar refractivity (Wildman–Crippen MR) is 110 cm³/mol. The number of carbonyl (C=O) groups excluding carboxylic acids is 1. The van der Waals surface area contributed by atoms with E-state index >= 15 is 0 Å². The second kappa shape index (κ2) is 8.77. The quantitative estimate of drug-likeness (QED) is 0.600. The standard InChI is InChI=1S/C19H14Cl2FN3O3S/c20-13-3-8-18(17(21)10-13)24-19(26)12-25(15-6-4-14(22)5-7-15)29(27,28)16-2-1-9-23-11-16/h1-11H,12H2,(H,24,26). The van der Waals surface area contributed by atoms with Crippen molar-refractivity contribution in [2.75, 3.05) is 16.2 Å². The Kier molecular flexibility index (Phi) is 6.36. The highest BCUT2D eigenvalue weighted by Gasteiger charge is 2.27. The van der Waals surface area contributed by atoms with Crippen LogP contribution in [0.3, 0.4) is 0 Å². The molecule has 0 bridgehead atoms. The summed E-state index contributed by atoms with van der Waals surface area (Å²) in [5, 5.41) is 3.14. The number of aromatic nitrogens is 1. The Balaban J connectivity index is 1.93. The van der Waals surface area contributed by atoms with Gasteiger partial charge in [-0.3, -0.25) is 14.1 Å². The lowest BCUT2D eigenvalue weighted by Gasteiger charge is -2.24. The second-order valence-electron chi connectivity index (χ2n) is 5.85. The summed E-state index contributed by atoms with van der Waals surface area (Å²) < 4.78 is 40.3. The molecular weight excluding hydrogens is 440 g/mol. The molecular formula is C19H14Cl2FN3O3S. The summed E-state index contributed by atoms with van der Waals surface area (Å²) in [5.41, 5.74) is 0.395. The molecule has 10 heteroatoms. The molecule has 2 aromatic carbocycles. The van der Waals surface area contributed by atoms with Gasteiger partial charge in [-0.05, 0) is 54.6 Å². The molecule has 1 amide bonds. The van der Waals surface area contributed by atoms with Gasteiger partial charge in [0.25, 0.3) is 10.0 Å². The Morgan fingerprint density at radius 2 is 1.83 bits per heavy atom. The minimum Gasteiger partial charge on any atom is -0.323 e. The van der Waals surface area contributed by atoms with Gasteiger partial charge in [-0.25, -0.2) is 12.8 Å². The lowest BCUT2D eigenvalue weighted by Crippen LogP contribution is -2.38. The van der Waals surface area contributed by atoms with Gasteiger partial charge in [0.1, 0.15) is 17.3 Å². The maximum Gasteiger partial charge on any atom is 0.266 e. The fourth-order valence-corrected chi connectivity index (χ4v) is 4.30. The van der Waals surface area contributed by atoms with Crippen molar-refractivity contribution in [3.05, 3.63) is 82.9 Å². The largest absolute Gasteiger partial charge is 0.323 e. The average Bonchev–Trinajstić information content (AvgIpc) is 2.70. The molecule has 1 aromatic heterocycles. The number of carbonyl (C=O) groups is 1. The van der Waals surface area contributed by atoms with Crippen LogP contribution in [0.15, 0.2) is 71.9 Å². The van der Waals surface area contributed by atoms with Crippen LogP contribution in [0, 0.1) is 5.82 Å². The van der Waals surface area contributed by atoms with E-state index in [-0.39, 0.29) is 21.3 Å². The fourth-order valence-electron chi connectivity index (χ4n) is 2.46. The Hall–Kier alpha value is -2.68. The molecule has 6 nitrogen and oxygen atoms in total. The first-order valence-electron chi connectivity index (χ1n) is 8.20. The Labute approximate surface area is 176 Å². The smallest absolute Gasteiger partial charge is 0.266 e. The van der Waals surface area contributed by atoms with Crippen LogP contribution in [0.1, 0.15) is 0 Å². The maximum absolute atomic E-state index is 13.3. The van der Waals surface area contributed by atoms with E-state index in [1.807, 2.05) is 0 Å². The van der Waals surface area contributed by atoms with Gasteiger partial charge >= 0.3 is 0 Å². The molecule has 0 unspecified atom stereocenters. The van der Waals surface area contributed by atoms with Gasteiger partial charge in [0, 0.05) is 17.4 Å². The van der Waals surface area contributed by atoms with Crippen LogP contribution in [0.5, 0.6) is 0 Å². The number of pyridine rings is 1. The SMILES string of the molecule is O=C(CN(c1ccc(F)cc1)S(=O)(=O)c1cccnc1)Nc1ccc(Cl)cc1Cl. The molecule has 0 spiro atoms. The summed E-state index contributed by atoms with van der Waals surface area (Å²) in [6, 6.07) is 12.0. The van der Waals surface area contributed by atoms with E-state index in [1.165, 1.54) is 54.9 Å². The molecule has 0 saturated heterocycles. The molecule has 0 aliphatic carbocycles. The fraction of sp³-hybridized carbons (Fsp3) is 0.0526. The molecule has 3 aromatic rings. The lowest BCUT2D eigenvalue weighted by molar-refractivity contribution is -0.114. The number of rotatable bonds is 6. The van der Waals surface area contributed by atoms with Crippen LogP contribution in [0.25, 0.3) is 0 Å². The number of amides is 1. The first-order chi connectivity index (χ1) is 13.8. The summed E-state index contributed by atoms with van der Waals surface area (Å²) in [6.07, 6.45) is 2.59. The third kappa shape index (κ3) is 5.03. The Bertz CT molecular complexity index is 1130. The number of nitrogens with one attached hydrogen (secondary N) is 1. The third-order valence-electron chi connectivity index (χ3n) is 3.83. The number of hydrogen-bond acceptors (Lipinski definition) is 4. The summed E-state index contributed by atoms with van der Waals surface area (Å²) in [6.45, 7) is -0.568. The molecule has 29 heavy (non-hydrogen) atoms. The van der Waals surface area contributed by atoms with Gasteiger partial charge < -0.3 is 5.32 Å². The lowest BCUT2D eigenvalue weighted by atomic mass is 10.3. The normalized spacial score (nSPS) is 11.1. The van der Waals surface area contributed by atoms with Crippen LogP contribution in [-0.2, 0) is 14.8 Å². The van der Waals surface area contributed by atoms with Crippen LogP contribution in [-0.4, -0.2) is 25.9 Å². The van der Waals surface area contributed by atoms with Gasteiger partial charge in [0.2, 0.25) is 5.91 Å². The molecule has 1 heterocycles. The highest BCUT2D eigenvalue weighted by atomic mass is 35.5. The number of benzene rings is 2. The molecule has 0 aliphatic heterocycles. The van der Waals surface area contributed by atoms with Crippen molar-refractivity contribution in [2.45, 2.75) is 4.90 Å². The molecule has 150 valence electrons. The Morgan fingerprint density at radius 1 is 1.10 bits per heavy atom. The number of hydrogen-bond donors (Lipinski definition) is 1. The zero-order valence-electron chi connectivity index (χ0n) is 14.7. The molecule has 1 N–H and O–H groups in total. The minimum absolute atomic E-state index is 0.110. The molecule has 0 aliphatic rings.